The second kappa shape index (κ2) is 8.57. The zero-order chi connectivity index (χ0) is 16.1. The van der Waals surface area contributed by atoms with Crippen LogP contribution in [-0.2, 0) is 0 Å². The Kier molecular flexibility index (Phi) is 7.09. The summed E-state index contributed by atoms with van der Waals surface area (Å²) in [4.78, 5) is 34.0. The van der Waals surface area contributed by atoms with E-state index in [-0.39, 0.29) is 24.3 Å². The fourth-order valence-corrected chi connectivity index (χ4v) is 2.49. The molecule has 0 spiro atoms. The highest BCUT2D eigenvalue weighted by Gasteiger charge is 2.27. The van der Waals surface area contributed by atoms with Crippen LogP contribution in [0.15, 0.2) is 18.3 Å². The lowest BCUT2D eigenvalue weighted by molar-refractivity contribution is 0.0636. The van der Waals surface area contributed by atoms with Crippen molar-refractivity contribution in [3.8, 4) is 0 Å². The number of halogens is 1. The van der Waals surface area contributed by atoms with Crippen molar-refractivity contribution in [3.05, 3.63) is 24.0 Å². The zero-order valence-corrected chi connectivity index (χ0v) is 14.4. The van der Waals surface area contributed by atoms with E-state index in [4.69, 9.17) is 5.73 Å². The predicted octanol–water partition coefficient (Wildman–Crippen LogP) is 1.31. The molecule has 1 fully saturated rings. The molecule has 0 aliphatic carbocycles. The summed E-state index contributed by atoms with van der Waals surface area (Å²) in [6.45, 7) is 7.48. The first kappa shape index (κ1) is 19.0. The molecule has 2 rings (SSSR count). The first-order chi connectivity index (χ1) is 10.6. The van der Waals surface area contributed by atoms with Gasteiger partial charge in [0.2, 0.25) is 0 Å². The molecular formula is C15H24ClN5O2. The van der Waals surface area contributed by atoms with Crippen LogP contribution >= 0.6 is 12.4 Å². The summed E-state index contributed by atoms with van der Waals surface area (Å²) < 4.78 is 0. The van der Waals surface area contributed by atoms with Crippen molar-refractivity contribution < 1.29 is 9.59 Å². The van der Waals surface area contributed by atoms with Gasteiger partial charge in [-0.1, -0.05) is 0 Å². The van der Waals surface area contributed by atoms with Gasteiger partial charge in [-0.2, -0.15) is 0 Å². The molecule has 1 aliphatic heterocycles. The Morgan fingerprint density at radius 2 is 1.70 bits per heavy atom. The Bertz CT molecular complexity index is 525. The lowest BCUT2D eigenvalue weighted by Crippen LogP contribution is -2.54. The minimum Gasteiger partial charge on any atom is -0.397 e. The monoisotopic (exact) mass is 341 g/mol. The third-order valence-corrected chi connectivity index (χ3v) is 3.88. The molecule has 0 unspecified atom stereocenters. The molecule has 0 aromatic carbocycles. The van der Waals surface area contributed by atoms with E-state index in [0.29, 0.717) is 50.6 Å². The number of nitrogens with zero attached hydrogens (tertiary/aromatic N) is 4. The number of carbonyl (C=O) groups excluding carboxylic acids is 2. The highest BCUT2D eigenvalue weighted by molar-refractivity contribution is 5.92. The number of hydrogen-bond acceptors (Lipinski definition) is 4. The normalized spacial score (nSPS) is 14.2. The number of amides is 3. The maximum absolute atomic E-state index is 12.3. The van der Waals surface area contributed by atoms with Crippen LogP contribution < -0.4 is 5.73 Å². The number of urea groups is 1. The van der Waals surface area contributed by atoms with Crippen LogP contribution in [0.5, 0.6) is 0 Å². The minimum absolute atomic E-state index is 0. The van der Waals surface area contributed by atoms with Gasteiger partial charge in [0.25, 0.3) is 5.91 Å². The second-order valence-corrected chi connectivity index (χ2v) is 5.21. The van der Waals surface area contributed by atoms with Crippen LogP contribution in [0.4, 0.5) is 10.5 Å². The van der Waals surface area contributed by atoms with E-state index in [1.54, 1.807) is 26.8 Å². The second-order valence-electron chi connectivity index (χ2n) is 5.21. The lowest BCUT2D eigenvalue weighted by Gasteiger charge is -2.37. The Hall–Kier alpha value is -2.02. The lowest BCUT2D eigenvalue weighted by atomic mass is 10.2. The number of piperazine rings is 1. The number of nitrogens with two attached hydrogens (primary N) is 1. The molecule has 1 saturated heterocycles. The number of aromatic nitrogens is 1. The SMILES string of the molecule is CCN(CC)C(=O)N1CCN(C(=O)c2ccc(N)cn2)CC1.Cl. The van der Waals surface area contributed by atoms with E-state index in [0.717, 1.165) is 0 Å². The maximum Gasteiger partial charge on any atom is 0.320 e. The molecule has 0 atom stereocenters. The fourth-order valence-electron chi connectivity index (χ4n) is 2.49. The Labute approximate surface area is 142 Å². The van der Waals surface area contributed by atoms with Crippen molar-refractivity contribution in [1.29, 1.82) is 0 Å². The topological polar surface area (TPSA) is 82.8 Å². The first-order valence-corrected chi connectivity index (χ1v) is 7.61. The molecule has 1 aliphatic rings. The molecule has 1 aromatic rings. The smallest absolute Gasteiger partial charge is 0.320 e. The van der Waals surface area contributed by atoms with Gasteiger partial charge in [0, 0.05) is 39.3 Å². The van der Waals surface area contributed by atoms with Crippen LogP contribution in [0.1, 0.15) is 24.3 Å². The predicted molar refractivity (Wildman–Crippen MR) is 91.7 cm³/mol. The van der Waals surface area contributed by atoms with E-state index in [1.165, 1.54) is 6.20 Å². The van der Waals surface area contributed by atoms with Gasteiger partial charge in [-0.25, -0.2) is 9.78 Å². The van der Waals surface area contributed by atoms with Gasteiger partial charge >= 0.3 is 6.03 Å². The Morgan fingerprint density at radius 3 is 2.17 bits per heavy atom. The average Bonchev–Trinajstić information content (AvgIpc) is 2.56. The van der Waals surface area contributed by atoms with Crippen LogP contribution in [0.3, 0.4) is 0 Å². The standard InChI is InChI=1S/C15H23N5O2.ClH/c1-3-18(4-2)15(22)20-9-7-19(8-10-20)14(21)13-6-5-12(16)11-17-13;/h5-6,11H,3-4,7-10,16H2,1-2H3;1H. The summed E-state index contributed by atoms with van der Waals surface area (Å²) in [5.41, 5.74) is 6.50. The van der Waals surface area contributed by atoms with Gasteiger partial charge in [-0.3, -0.25) is 4.79 Å². The molecule has 128 valence electrons. The van der Waals surface area contributed by atoms with Crippen LogP contribution in [0.2, 0.25) is 0 Å². The van der Waals surface area contributed by atoms with Crippen LogP contribution in [0.25, 0.3) is 0 Å². The molecule has 23 heavy (non-hydrogen) atoms. The summed E-state index contributed by atoms with van der Waals surface area (Å²) in [6, 6.07) is 3.34. The molecule has 2 heterocycles. The highest BCUT2D eigenvalue weighted by Crippen LogP contribution is 2.10. The molecule has 0 saturated carbocycles. The van der Waals surface area contributed by atoms with Gasteiger partial charge in [0.1, 0.15) is 5.69 Å². The summed E-state index contributed by atoms with van der Waals surface area (Å²) in [6.07, 6.45) is 1.48. The summed E-state index contributed by atoms with van der Waals surface area (Å²) in [5.74, 6) is -0.116. The van der Waals surface area contributed by atoms with E-state index < -0.39 is 0 Å². The largest absolute Gasteiger partial charge is 0.397 e. The Balaban J connectivity index is 0.00000264. The number of pyridine rings is 1. The summed E-state index contributed by atoms with van der Waals surface area (Å²) in [5, 5.41) is 0. The van der Waals surface area contributed by atoms with Crippen molar-refractivity contribution in [2.24, 2.45) is 0 Å². The average molecular weight is 342 g/mol. The highest BCUT2D eigenvalue weighted by atomic mass is 35.5. The number of carbonyl (C=O) groups is 2. The van der Waals surface area contributed by atoms with Crippen molar-refractivity contribution in [2.45, 2.75) is 13.8 Å². The molecule has 0 radical (unpaired) electrons. The molecule has 7 nitrogen and oxygen atoms in total. The van der Waals surface area contributed by atoms with Crippen LogP contribution in [0, 0.1) is 0 Å². The third kappa shape index (κ3) is 4.48. The molecule has 0 bridgehead atoms. The van der Waals surface area contributed by atoms with E-state index >= 15 is 0 Å². The number of rotatable bonds is 3. The van der Waals surface area contributed by atoms with E-state index in [2.05, 4.69) is 4.98 Å². The van der Waals surface area contributed by atoms with Gasteiger partial charge in [-0.05, 0) is 26.0 Å². The quantitative estimate of drug-likeness (QED) is 0.898. The van der Waals surface area contributed by atoms with Gasteiger partial charge < -0.3 is 20.4 Å². The van der Waals surface area contributed by atoms with Crippen LogP contribution in [-0.4, -0.2) is 70.9 Å². The van der Waals surface area contributed by atoms with E-state index in [9.17, 15) is 9.59 Å². The molecule has 8 heteroatoms. The Morgan fingerprint density at radius 1 is 1.13 bits per heavy atom. The molecular weight excluding hydrogens is 318 g/mol. The fraction of sp³-hybridized carbons (Fsp3) is 0.533. The minimum atomic E-state index is -0.116. The maximum atomic E-state index is 12.3. The van der Waals surface area contributed by atoms with Crippen molar-refractivity contribution >= 4 is 30.0 Å². The van der Waals surface area contributed by atoms with Crippen molar-refractivity contribution in [1.82, 2.24) is 19.7 Å². The van der Waals surface area contributed by atoms with Gasteiger partial charge in [0.15, 0.2) is 0 Å². The third-order valence-electron chi connectivity index (χ3n) is 3.88. The molecule has 3 amide bonds. The van der Waals surface area contributed by atoms with Gasteiger partial charge in [0.05, 0.1) is 11.9 Å². The summed E-state index contributed by atoms with van der Waals surface area (Å²) >= 11 is 0. The van der Waals surface area contributed by atoms with Crippen molar-refractivity contribution in [3.63, 3.8) is 0 Å². The van der Waals surface area contributed by atoms with Gasteiger partial charge in [-0.15, -0.1) is 12.4 Å². The molecule has 1 aromatic heterocycles. The first-order valence-electron chi connectivity index (χ1n) is 7.61. The van der Waals surface area contributed by atoms with Crippen molar-refractivity contribution in [2.75, 3.05) is 45.0 Å². The number of nitrogen functional groups attached to an aromatic ring is 1. The summed E-state index contributed by atoms with van der Waals surface area (Å²) in [7, 11) is 0. The molecule has 2 N–H and O–H groups in total. The number of hydrogen-bond donors (Lipinski definition) is 1. The zero-order valence-electron chi connectivity index (χ0n) is 13.6. The number of anilines is 1. The van der Waals surface area contributed by atoms with E-state index in [1.807, 2.05) is 13.8 Å².